The summed E-state index contributed by atoms with van der Waals surface area (Å²) in [6.07, 6.45) is 0. The van der Waals surface area contributed by atoms with E-state index in [0.29, 0.717) is 16.8 Å². The van der Waals surface area contributed by atoms with Gasteiger partial charge in [-0.1, -0.05) is 30.3 Å². The van der Waals surface area contributed by atoms with Crippen molar-refractivity contribution in [2.75, 3.05) is 11.5 Å². The molecule has 4 N–H and O–H groups in total. The number of nitriles is 2. The van der Waals surface area contributed by atoms with Crippen LogP contribution in [0.25, 0.3) is 22.4 Å². The first-order valence-electron chi connectivity index (χ1n) is 7.06. The van der Waals surface area contributed by atoms with Crippen LogP contribution in [-0.2, 0) is 0 Å². The summed E-state index contributed by atoms with van der Waals surface area (Å²) in [4.78, 5) is 7.98. The molecule has 0 unspecified atom stereocenters. The Hall–Kier alpha value is -3.90. The molecular formula is C18H12N6. The van der Waals surface area contributed by atoms with Crippen molar-refractivity contribution in [3.05, 3.63) is 59.7 Å². The van der Waals surface area contributed by atoms with Gasteiger partial charge in [0.25, 0.3) is 0 Å². The predicted molar refractivity (Wildman–Crippen MR) is 91.2 cm³/mol. The third-order valence-electron chi connectivity index (χ3n) is 3.53. The van der Waals surface area contributed by atoms with E-state index in [9.17, 15) is 5.26 Å². The Morgan fingerprint density at radius 3 is 2.17 bits per heavy atom. The lowest BCUT2D eigenvalue weighted by atomic mass is 9.99. The predicted octanol–water partition coefficient (Wildman–Crippen LogP) is 2.72. The lowest BCUT2D eigenvalue weighted by molar-refractivity contribution is 1.18. The maximum absolute atomic E-state index is 9.32. The van der Waals surface area contributed by atoms with Gasteiger partial charge < -0.3 is 11.5 Å². The zero-order valence-electron chi connectivity index (χ0n) is 12.6. The first-order valence-corrected chi connectivity index (χ1v) is 7.06. The van der Waals surface area contributed by atoms with E-state index in [0.717, 1.165) is 11.1 Å². The second-order valence-electron chi connectivity index (χ2n) is 5.08. The Labute approximate surface area is 138 Å². The molecule has 6 nitrogen and oxygen atoms in total. The number of benzene rings is 2. The standard InChI is InChI=1S/C18H12N6/c19-9-11-3-1-4-12(7-11)13-5-2-6-14(8-13)16-15(10-20)17(21)24-18(22)23-16/h1-8H,(H4,21,22,23,24). The van der Waals surface area contributed by atoms with E-state index in [4.69, 9.17) is 16.7 Å². The average Bonchev–Trinajstić information content (AvgIpc) is 2.61. The second-order valence-corrected chi connectivity index (χ2v) is 5.08. The van der Waals surface area contributed by atoms with Crippen LogP contribution < -0.4 is 11.5 Å². The summed E-state index contributed by atoms with van der Waals surface area (Å²) in [5.74, 6) is 0.0651. The lowest BCUT2D eigenvalue weighted by Crippen LogP contribution is -2.04. The van der Waals surface area contributed by atoms with Crippen molar-refractivity contribution in [3.63, 3.8) is 0 Å². The SMILES string of the molecule is N#Cc1cccc(-c2cccc(-c3nc(N)nc(N)c3C#N)c2)c1. The number of rotatable bonds is 2. The highest BCUT2D eigenvalue weighted by molar-refractivity contribution is 5.77. The molecule has 0 saturated heterocycles. The number of nitrogens with zero attached hydrogens (tertiary/aromatic N) is 4. The molecule has 0 aliphatic heterocycles. The highest BCUT2D eigenvalue weighted by Crippen LogP contribution is 2.29. The first kappa shape index (κ1) is 15.0. The topological polar surface area (TPSA) is 125 Å². The van der Waals surface area contributed by atoms with Gasteiger partial charge in [-0.05, 0) is 29.3 Å². The van der Waals surface area contributed by atoms with Crippen molar-refractivity contribution in [3.8, 4) is 34.5 Å². The minimum atomic E-state index is 0.0124. The monoisotopic (exact) mass is 312 g/mol. The summed E-state index contributed by atoms with van der Waals surface area (Å²) in [7, 11) is 0. The molecule has 1 heterocycles. The van der Waals surface area contributed by atoms with Crippen molar-refractivity contribution in [1.82, 2.24) is 9.97 Å². The van der Waals surface area contributed by atoms with Crippen LogP contribution in [0.4, 0.5) is 11.8 Å². The van der Waals surface area contributed by atoms with Crippen LogP contribution in [0.5, 0.6) is 0 Å². The number of anilines is 2. The number of nitrogen functional groups attached to an aromatic ring is 2. The van der Waals surface area contributed by atoms with Crippen LogP contribution in [0.3, 0.4) is 0 Å². The largest absolute Gasteiger partial charge is 0.382 e. The fourth-order valence-corrected chi connectivity index (χ4v) is 2.43. The molecule has 0 aliphatic carbocycles. The molecule has 114 valence electrons. The molecule has 3 aromatic rings. The summed E-state index contributed by atoms with van der Waals surface area (Å²) in [5.41, 5.74) is 15.1. The summed E-state index contributed by atoms with van der Waals surface area (Å²) in [6.45, 7) is 0. The van der Waals surface area contributed by atoms with Crippen LogP contribution in [0.15, 0.2) is 48.5 Å². The molecule has 3 rings (SSSR count). The summed E-state index contributed by atoms with van der Waals surface area (Å²) in [6, 6.07) is 18.9. The van der Waals surface area contributed by atoms with Crippen LogP contribution in [0.1, 0.15) is 11.1 Å². The van der Waals surface area contributed by atoms with E-state index in [2.05, 4.69) is 16.0 Å². The van der Waals surface area contributed by atoms with Crippen molar-refractivity contribution in [2.24, 2.45) is 0 Å². The van der Waals surface area contributed by atoms with Crippen LogP contribution in [0, 0.1) is 22.7 Å². The third-order valence-corrected chi connectivity index (χ3v) is 3.53. The van der Waals surface area contributed by atoms with Gasteiger partial charge in [0.2, 0.25) is 5.95 Å². The molecule has 0 saturated carbocycles. The smallest absolute Gasteiger partial charge is 0.222 e. The maximum Gasteiger partial charge on any atom is 0.222 e. The van der Waals surface area contributed by atoms with Gasteiger partial charge in [-0.3, -0.25) is 0 Å². The fraction of sp³-hybridized carbons (Fsp3) is 0. The van der Waals surface area contributed by atoms with Gasteiger partial charge in [-0.25, -0.2) is 4.98 Å². The summed E-state index contributed by atoms with van der Waals surface area (Å²) in [5, 5.41) is 18.4. The van der Waals surface area contributed by atoms with Gasteiger partial charge in [0.15, 0.2) is 0 Å². The average molecular weight is 312 g/mol. The normalized spacial score (nSPS) is 9.92. The van der Waals surface area contributed by atoms with Gasteiger partial charge in [0, 0.05) is 5.56 Å². The minimum Gasteiger partial charge on any atom is -0.382 e. The van der Waals surface area contributed by atoms with E-state index in [-0.39, 0.29) is 17.3 Å². The van der Waals surface area contributed by atoms with E-state index < -0.39 is 0 Å². The molecule has 0 spiro atoms. The summed E-state index contributed by atoms with van der Waals surface area (Å²) >= 11 is 0. The fourth-order valence-electron chi connectivity index (χ4n) is 2.43. The van der Waals surface area contributed by atoms with Gasteiger partial charge in [-0.2, -0.15) is 15.5 Å². The maximum atomic E-state index is 9.32. The van der Waals surface area contributed by atoms with Crippen molar-refractivity contribution >= 4 is 11.8 Å². The van der Waals surface area contributed by atoms with Crippen molar-refractivity contribution < 1.29 is 0 Å². The van der Waals surface area contributed by atoms with Crippen LogP contribution >= 0.6 is 0 Å². The molecule has 0 fully saturated rings. The highest BCUT2D eigenvalue weighted by atomic mass is 15.0. The molecular weight excluding hydrogens is 300 g/mol. The molecule has 0 atom stereocenters. The van der Waals surface area contributed by atoms with Gasteiger partial charge >= 0.3 is 0 Å². The zero-order valence-corrected chi connectivity index (χ0v) is 12.6. The molecule has 0 aliphatic rings. The molecule has 0 bridgehead atoms. The molecule has 0 radical (unpaired) electrons. The highest BCUT2D eigenvalue weighted by Gasteiger charge is 2.13. The minimum absolute atomic E-state index is 0.0124. The number of hydrogen-bond acceptors (Lipinski definition) is 6. The zero-order chi connectivity index (χ0) is 17.1. The number of nitrogens with two attached hydrogens (primary N) is 2. The Balaban J connectivity index is 2.16. The second kappa shape index (κ2) is 6.07. The lowest BCUT2D eigenvalue weighted by Gasteiger charge is -2.09. The number of aromatic nitrogens is 2. The molecule has 0 amide bonds. The van der Waals surface area contributed by atoms with Gasteiger partial charge in [0.05, 0.1) is 17.3 Å². The molecule has 24 heavy (non-hydrogen) atoms. The third kappa shape index (κ3) is 2.72. The van der Waals surface area contributed by atoms with Gasteiger partial charge in [-0.15, -0.1) is 0 Å². The molecule has 1 aromatic heterocycles. The summed E-state index contributed by atoms with van der Waals surface area (Å²) < 4.78 is 0. The Morgan fingerprint density at radius 2 is 1.46 bits per heavy atom. The Kier molecular flexibility index (Phi) is 3.80. The number of hydrogen-bond donors (Lipinski definition) is 2. The van der Waals surface area contributed by atoms with E-state index in [1.54, 1.807) is 12.1 Å². The quantitative estimate of drug-likeness (QED) is 0.749. The van der Waals surface area contributed by atoms with E-state index in [1.165, 1.54) is 0 Å². The Bertz CT molecular complexity index is 1010. The van der Waals surface area contributed by atoms with Crippen molar-refractivity contribution in [1.29, 1.82) is 10.5 Å². The van der Waals surface area contributed by atoms with E-state index >= 15 is 0 Å². The van der Waals surface area contributed by atoms with Crippen molar-refractivity contribution in [2.45, 2.75) is 0 Å². The van der Waals surface area contributed by atoms with Crippen LogP contribution in [-0.4, -0.2) is 9.97 Å². The molecule has 2 aromatic carbocycles. The first-order chi connectivity index (χ1) is 11.6. The van der Waals surface area contributed by atoms with Gasteiger partial charge in [0.1, 0.15) is 17.5 Å². The Morgan fingerprint density at radius 1 is 0.792 bits per heavy atom. The van der Waals surface area contributed by atoms with Crippen LogP contribution in [0.2, 0.25) is 0 Å². The molecule has 6 heteroatoms. The van der Waals surface area contributed by atoms with E-state index in [1.807, 2.05) is 42.5 Å².